The second-order valence-corrected chi connectivity index (χ2v) is 6.34. The van der Waals surface area contributed by atoms with Crippen LogP contribution in [0.5, 0.6) is 0 Å². The maximum Gasteiger partial charge on any atom is 0.226 e. The lowest BCUT2D eigenvalue weighted by Gasteiger charge is -2.37. The van der Waals surface area contributed by atoms with Crippen molar-refractivity contribution < 1.29 is 9.21 Å². The average Bonchev–Trinajstić information content (AvgIpc) is 2.79. The van der Waals surface area contributed by atoms with Crippen molar-refractivity contribution in [3.63, 3.8) is 0 Å². The monoisotopic (exact) mass is 292 g/mol. The van der Waals surface area contributed by atoms with E-state index in [1.54, 1.807) is 0 Å². The molecule has 4 heteroatoms. The van der Waals surface area contributed by atoms with Crippen molar-refractivity contribution in [1.29, 1.82) is 0 Å². The molecule has 1 amide bonds. The zero-order valence-electron chi connectivity index (χ0n) is 13.7. The Morgan fingerprint density at radius 2 is 2.10 bits per heavy atom. The van der Waals surface area contributed by atoms with Gasteiger partial charge in [-0.3, -0.25) is 4.79 Å². The number of nitrogens with one attached hydrogen (secondary N) is 2. The van der Waals surface area contributed by atoms with Crippen LogP contribution < -0.4 is 10.6 Å². The van der Waals surface area contributed by atoms with Crippen LogP contribution in [0.4, 0.5) is 0 Å². The van der Waals surface area contributed by atoms with E-state index in [1.807, 2.05) is 26.8 Å². The van der Waals surface area contributed by atoms with E-state index in [0.717, 1.165) is 55.9 Å². The van der Waals surface area contributed by atoms with E-state index in [9.17, 15) is 4.79 Å². The van der Waals surface area contributed by atoms with Crippen molar-refractivity contribution in [3.05, 3.63) is 23.2 Å². The fraction of sp³-hybridized carbons (Fsp3) is 0.706. The Labute approximate surface area is 127 Å². The Bertz CT molecular complexity index is 481. The molecule has 21 heavy (non-hydrogen) atoms. The van der Waals surface area contributed by atoms with Crippen LogP contribution in [0.15, 0.2) is 10.5 Å². The first-order chi connectivity index (χ1) is 9.98. The third-order valence-corrected chi connectivity index (χ3v) is 4.66. The fourth-order valence-electron chi connectivity index (χ4n) is 3.48. The lowest BCUT2D eigenvalue weighted by atomic mass is 9.74. The molecule has 2 rings (SSSR count). The number of rotatable bonds is 5. The molecule has 1 atom stereocenters. The molecular weight excluding hydrogens is 264 g/mol. The van der Waals surface area contributed by atoms with E-state index in [4.69, 9.17) is 4.42 Å². The predicted octanol–water partition coefficient (Wildman–Crippen LogP) is 3.24. The minimum atomic E-state index is -0.194. The van der Waals surface area contributed by atoms with Crippen LogP contribution in [0.3, 0.4) is 0 Å². The highest BCUT2D eigenvalue weighted by molar-refractivity contribution is 5.83. The van der Waals surface area contributed by atoms with Crippen LogP contribution in [0.2, 0.25) is 0 Å². The molecule has 1 aromatic heterocycles. The summed E-state index contributed by atoms with van der Waals surface area (Å²) in [5.41, 5.74) is 0.891. The van der Waals surface area contributed by atoms with Gasteiger partial charge in [0.15, 0.2) is 0 Å². The van der Waals surface area contributed by atoms with E-state index in [0.29, 0.717) is 0 Å². The van der Waals surface area contributed by atoms with E-state index in [1.165, 1.54) is 0 Å². The number of amides is 1. The second kappa shape index (κ2) is 6.65. The summed E-state index contributed by atoms with van der Waals surface area (Å²) in [5.74, 6) is 2.00. The Balaban J connectivity index is 2.09. The van der Waals surface area contributed by atoms with Crippen LogP contribution in [0, 0.1) is 19.3 Å². The molecule has 1 unspecified atom stereocenters. The third kappa shape index (κ3) is 3.49. The first kappa shape index (κ1) is 16.1. The van der Waals surface area contributed by atoms with E-state index in [-0.39, 0.29) is 17.4 Å². The number of hydrogen-bond acceptors (Lipinski definition) is 3. The summed E-state index contributed by atoms with van der Waals surface area (Å²) in [6.07, 6.45) is 3.88. The smallest absolute Gasteiger partial charge is 0.226 e. The van der Waals surface area contributed by atoms with Gasteiger partial charge in [-0.2, -0.15) is 0 Å². The molecule has 0 radical (unpaired) electrons. The SMILES string of the molecule is CCCC1(C(=O)NC(C)c2cc(C)oc2C)CCNCC1. The number of aryl methyl sites for hydroxylation is 2. The molecule has 2 heterocycles. The Kier molecular flexibility index (Phi) is 5.09. The quantitative estimate of drug-likeness (QED) is 0.876. The van der Waals surface area contributed by atoms with Gasteiger partial charge < -0.3 is 15.1 Å². The predicted molar refractivity (Wildman–Crippen MR) is 84.2 cm³/mol. The first-order valence-electron chi connectivity index (χ1n) is 8.07. The van der Waals surface area contributed by atoms with Gasteiger partial charge in [0.1, 0.15) is 11.5 Å². The Morgan fingerprint density at radius 3 is 2.62 bits per heavy atom. The van der Waals surface area contributed by atoms with Gasteiger partial charge >= 0.3 is 0 Å². The summed E-state index contributed by atoms with van der Waals surface area (Å²) < 4.78 is 5.57. The second-order valence-electron chi connectivity index (χ2n) is 6.34. The molecule has 1 aliphatic heterocycles. The minimum absolute atomic E-state index is 0.00133. The maximum absolute atomic E-state index is 12.8. The molecule has 1 aliphatic rings. The average molecular weight is 292 g/mol. The van der Waals surface area contributed by atoms with E-state index >= 15 is 0 Å². The van der Waals surface area contributed by atoms with Gasteiger partial charge in [0.05, 0.1) is 11.5 Å². The summed E-state index contributed by atoms with van der Waals surface area (Å²) in [5, 5.41) is 6.57. The number of piperidine rings is 1. The molecule has 4 nitrogen and oxygen atoms in total. The normalized spacial score (nSPS) is 19.2. The fourth-order valence-corrected chi connectivity index (χ4v) is 3.48. The number of hydrogen-bond donors (Lipinski definition) is 2. The molecule has 0 spiro atoms. The lowest BCUT2D eigenvalue weighted by molar-refractivity contribution is -0.133. The summed E-state index contributed by atoms with van der Waals surface area (Å²) in [4.78, 5) is 12.8. The highest BCUT2D eigenvalue weighted by Crippen LogP contribution is 2.35. The number of furan rings is 1. The van der Waals surface area contributed by atoms with Crippen LogP contribution in [-0.2, 0) is 4.79 Å². The summed E-state index contributed by atoms with van der Waals surface area (Å²) in [7, 11) is 0. The van der Waals surface area contributed by atoms with E-state index in [2.05, 4.69) is 17.6 Å². The summed E-state index contributed by atoms with van der Waals surface area (Å²) in [6.45, 7) is 9.96. The molecule has 0 aromatic carbocycles. The molecule has 1 aromatic rings. The van der Waals surface area contributed by atoms with Gasteiger partial charge in [-0.25, -0.2) is 0 Å². The molecule has 0 bridgehead atoms. The van der Waals surface area contributed by atoms with Gasteiger partial charge in [-0.1, -0.05) is 13.3 Å². The van der Waals surface area contributed by atoms with Crippen molar-refractivity contribution in [3.8, 4) is 0 Å². The van der Waals surface area contributed by atoms with Crippen molar-refractivity contribution in [2.75, 3.05) is 13.1 Å². The van der Waals surface area contributed by atoms with Gasteiger partial charge in [0.25, 0.3) is 0 Å². The molecular formula is C17H28N2O2. The summed E-state index contributed by atoms with van der Waals surface area (Å²) in [6, 6.07) is 2.02. The van der Waals surface area contributed by atoms with Gasteiger partial charge in [0, 0.05) is 5.56 Å². The lowest BCUT2D eigenvalue weighted by Crippen LogP contribution is -2.48. The minimum Gasteiger partial charge on any atom is -0.466 e. The van der Waals surface area contributed by atoms with Crippen molar-refractivity contribution >= 4 is 5.91 Å². The maximum atomic E-state index is 12.8. The number of carbonyl (C=O) groups is 1. The third-order valence-electron chi connectivity index (χ3n) is 4.66. The van der Waals surface area contributed by atoms with Crippen molar-refractivity contribution in [2.24, 2.45) is 5.41 Å². The van der Waals surface area contributed by atoms with E-state index < -0.39 is 0 Å². The molecule has 2 N–H and O–H groups in total. The molecule has 1 saturated heterocycles. The van der Waals surface area contributed by atoms with Crippen molar-refractivity contribution in [1.82, 2.24) is 10.6 Å². The van der Waals surface area contributed by atoms with Crippen LogP contribution in [0.1, 0.15) is 62.7 Å². The Hall–Kier alpha value is -1.29. The largest absolute Gasteiger partial charge is 0.466 e. The van der Waals surface area contributed by atoms with Gasteiger partial charge in [-0.15, -0.1) is 0 Å². The van der Waals surface area contributed by atoms with Crippen molar-refractivity contribution in [2.45, 2.75) is 59.4 Å². The topological polar surface area (TPSA) is 54.3 Å². The molecule has 0 saturated carbocycles. The summed E-state index contributed by atoms with van der Waals surface area (Å²) >= 11 is 0. The molecule has 1 fully saturated rings. The van der Waals surface area contributed by atoms with Crippen LogP contribution >= 0.6 is 0 Å². The van der Waals surface area contributed by atoms with Gasteiger partial charge in [0.2, 0.25) is 5.91 Å². The highest BCUT2D eigenvalue weighted by atomic mass is 16.3. The standard InChI is InChI=1S/C17H28N2O2/c1-5-6-17(7-9-18-10-8-17)16(20)19-13(3)15-11-12(2)21-14(15)4/h11,13,18H,5-10H2,1-4H3,(H,19,20). The first-order valence-corrected chi connectivity index (χ1v) is 8.07. The van der Waals surface area contributed by atoms with Gasteiger partial charge in [-0.05, 0) is 59.2 Å². The Morgan fingerprint density at radius 1 is 1.43 bits per heavy atom. The van der Waals surface area contributed by atoms with Crippen LogP contribution in [-0.4, -0.2) is 19.0 Å². The van der Waals surface area contributed by atoms with Crippen LogP contribution in [0.25, 0.3) is 0 Å². The zero-order chi connectivity index (χ0) is 15.5. The zero-order valence-corrected chi connectivity index (χ0v) is 13.7. The highest BCUT2D eigenvalue weighted by Gasteiger charge is 2.39. The molecule has 118 valence electrons. The molecule has 0 aliphatic carbocycles. The number of carbonyl (C=O) groups excluding carboxylic acids is 1.